The number of benzene rings is 1. The van der Waals surface area contributed by atoms with Gasteiger partial charge in [0.1, 0.15) is 17.0 Å². The zero-order valence-electron chi connectivity index (χ0n) is 14.7. The SMILES string of the molecule is COc1cc(Cl)cc(Cl)c1NC(=S)NCCCNC(=O)OC(C)(C)C. The van der Waals surface area contributed by atoms with E-state index in [9.17, 15) is 4.79 Å². The molecule has 0 unspecified atom stereocenters. The van der Waals surface area contributed by atoms with Gasteiger partial charge in [-0.15, -0.1) is 0 Å². The molecule has 6 nitrogen and oxygen atoms in total. The number of nitrogens with one attached hydrogen (secondary N) is 3. The summed E-state index contributed by atoms with van der Waals surface area (Å²) < 4.78 is 10.4. The van der Waals surface area contributed by atoms with E-state index in [4.69, 9.17) is 44.9 Å². The first kappa shape index (κ1) is 21.6. The number of thiocarbonyl (C=S) groups is 1. The first-order valence-electron chi connectivity index (χ1n) is 7.67. The smallest absolute Gasteiger partial charge is 0.407 e. The Bertz CT molecular complexity index is 621. The van der Waals surface area contributed by atoms with Gasteiger partial charge in [0.15, 0.2) is 5.11 Å². The van der Waals surface area contributed by atoms with Crippen LogP contribution in [-0.2, 0) is 4.74 Å². The van der Waals surface area contributed by atoms with Gasteiger partial charge in [-0.25, -0.2) is 4.79 Å². The van der Waals surface area contributed by atoms with Gasteiger partial charge in [0.2, 0.25) is 0 Å². The molecular weight excluding hydrogens is 385 g/mol. The van der Waals surface area contributed by atoms with Gasteiger partial charge in [-0.3, -0.25) is 0 Å². The average molecular weight is 408 g/mol. The Labute approximate surface area is 163 Å². The summed E-state index contributed by atoms with van der Waals surface area (Å²) in [6.45, 7) is 6.47. The molecule has 0 aromatic heterocycles. The van der Waals surface area contributed by atoms with Gasteiger partial charge in [-0.2, -0.15) is 0 Å². The van der Waals surface area contributed by atoms with E-state index in [-0.39, 0.29) is 0 Å². The molecule has 0 radical (unpaired) electrons. The van der Waals surface area contributed by atoms with E-state index in [1.54, 1.807) is 12.1 Å². The van der Waals surface area contributed by atoms with Crippen LogP contribution in [-0.4, -0.2) is 37.0 Å². The molecule has 140 valence electrons. The zero-order chi connectivity index (χ0) is 19.0. The van der Waals surface area contributed by atoms with Crippen molar-refractivity contribution in [1.82, 2.24) is 10.6 Å². The molecule has 0 bridgehead atoms. The molecule has 0 saturated heterocycles. The van der Waals surface area contributed by atoms with Crippen molar-refractivity contribution in [3.05, 3.63) is 22.2 Å². The third-order valence-electron chi connectivity index (χ3n) is 2.78. The topological polar surface area (TPSA) is 71.6 Å². The van der Waals surface area contributed by atoms with Crippen LogP contribution in [0.15, 0.2) is 12.1 Å². The molecular formula is C16H23Cl2N3O3S. The Hall–Kier alpha value is -1.44. The number of rotatable bonds is 6. The van der Waals surface area contributed by atoms with Crippen LogP contribution >= 0.6 is 35.4 Å². The quantitative estimate of drug-likeness (QED) is 0.484. The molecule has 0 aliphatic carbocycles. The number of hydrogen-bond donors (Lipinski definition) is 3. The van der Waals surface area contributed by atoms with Crippen LogP contribution in [0.1, 0.15) is 27.2 Å². The standard InChI is InChI=1S/C16H23Cl2N3O3S/c1-16(2,3)24-15(22)20-7-5-6-19-14(25)21-13-11(18)8-10(17)9-12(13)23-4/h8-9H,5-7H2,1-4H3,(H,20,22)(H2,19,21,25). The molecule has 1 aromatic rings. The Kier molecular flexibility index (Phi) is 8.55. The molecule has 1 aromatic carbocycles. The molecule has 1 amide bonds. The number of carbonyl (C=O) groups excluding carboxylic acids is 1. The number of amides is 1. The number of alkyl carbamates (subject to hydrolysis) is 1. The van der Waals surface area contributed by atoms with Gasteiger partial charge in [-0.1, -0.05) is 23.2 Å². The van der Waals surface area contributed by atoms with E-state index in [0.717, 1.165) is 0 Å². The molecule has 0 saturated carbocycles. The molecule has 3 N–H and O–H groups in total. The lowest BCUT2D eigenvalue weighted by Gasteiger charge is -2.19. The molecule has 9 heteroatoms. The van der Waals surface area contributed by atoms with E-state index in [1.165, 1.54) is 7.11 Å². The number of carbonyl (C=O) groups is 1. The van der Waals surface area contributed by atoms with Gasteiger partial charge in [-0.05, 0) is 45.5 Å². The summed E-state index contributed by atoms with van der Waals surface area (Å²) in [4.78, 5) is 11.5. The van der Waals surface area contributed by atoms with Crippen molar-refractivity contribution >= 4 is 52.3 Å². The summed E-state index contributed by atoms with van der Waals surface area (Å²) >= 11 is 17.3. The zero-order valence-corrected chi connectivity index (χ0v) is 17.0. The molecule has 0 fully saturated rings. The van der Waals surface area contributed by atoms with Crippen molar-refractivity contribution in [2.75, 3.05) is 25.5 Å². The van der Waals surface area contributed by atoms with Crippen molar-refractivity contribution in [3.8, 4) is 5.75 Å². The molecule has 0 aliphatic rings. The summed E-state index contributed by atoms with van der Waals surface area (Å²) in [5.41, 5.74) is 0.0306. The summed E-state index contributed by atoms with van der Waals surface area (Å²) in [5.74, 6) is 0.494. The Morgan fingerprint density at radius 1 is 1.20 bits per heavy atom. The molecule has 0 spiro atoms. The largest absolute Gasteiger partial charge is 0.494 e. The third-order valence-corrected chi connectivity index (χ3v) is 3.55. The minimum absolute atomic E-state index is 0.389. The fraction of sp³-hybridized carbons (Fsp3) is 0.500. The fourth-order valence-corrected chi connectivity index (χ4v) is 2.51. The van der Waals surface area contributed by atoms with E-state index < -0.39 is 11.7 Å². The van der Waals surface area contributed by atoms with Crippen LogP contribution in [0.25, 0.3) is 0 Å². The number of hydrogen-bond acceptors (Lipinski definition) is 4. The number of methoxy groups -OCH3 is 1. The van der Waals surface area contributed by atoms with Gasteiger partial charge in [0.05, 0.1) is 12.1 Å². The van der Waals surface area contributed by atoms with Crippen LogP contribution < -0.4 is 20.7 Å². The van der Waals surface area contributed by atoms with E-state index in [1.807, 2.05) is 20.8 Å². The number of ether oxygens (including phenoxy) is 2. The van der Waals surface area contributed by atoms with Crippen LogP contribution in [0.2, 0.25) is 10.0 Å². The predicted octanol–water partition coefficient (Wildman–Crippen LogP) is 4.20. The van der Waals surface area contributed by atoms with Crippen molar-refractivity contribution < 1.29 is 14.3 Å². The maximum Gasteiger partial charge on any atom is 0.407 e. The van der Waals surface area contributed by atoms with Crippen molar-refractivity contribution in [2.45, 2.75) is 32.8 Å². The predicted molar refractivity (Wildman–Crippen MR) is 106 cm³/mol. The molecule has 25 heavy (non-hydrogen) atoms. The summed E-state index contributed by atoms with van der Waals surface area (Å²) in [6.07, 6.45) is 0.234. The van der Waals surface area contributed by atoms with Crippen LogP contribution in [0.5, 0.6) is 5.75 Å². The Morgan fingerprint density at radius 2 is 1.84 bits per heavy atom. The normalized spacial score (nSPS) is 10.8. The van der Waals surface area contributed by atoms with E-state index in [0.29, 0.717) is 46.1 Å². The second-order valence-corrected chi connectivity index (χ2v) is 7.38. The summed E-state index contributed by atoms with van der Waals surface area (Å²) in [5, 5.41) is 9.95. The highest BCUT2D eigenvalue weighted by atomic mass is 35.5. The van der Waals surface area contributed by atoms with Gasteiger partial charge in [0, 0.05) is 24.2 Å². The molecule has 0 aliphatic heterocycles. The number of anilines is 1. The monoisotopic (exact) mass is 407 g/mol. The second-order valence-electron chi connectivity index (χ2n) is 6.13. The first-order chi connectivity index (χ1) is 11.6. The van der Waals surface area contributed by atoms with E-state index >= 15 is 0 Å². The summed E-state index contributed by atoms with van der Waals surface area (Å²) in [7, 11) is 1.52. The van der Waals surface area contributed by atoms with Gasteiger partial charge in [0.25, 0.3) is 0 Å². The minimum atomic E-state index is -0.509. The van der Waals surface area contributed by atoms with E-state index in [2.05, 4.69) is 16.0 Å². The highest BCUT2D eigenvalue weighted by molar-refractivity contribution is 7.80. The average Bonchev–Trinajstić information content (AvgIpc) is 2.47. The lowest BCUT2D eigenvalue weighted by molar-refractivity contribution is 0.0527. The first-order valence-corrected chi connectivity index (χ1v) is 8.83. The van der Waals surface area contributed by atoms with Gasteiger partial charge >= 0.3 is 6.09 Å². The lowest BCUT2D eigenvalue weighted by atomic mass is 10.2. The molecule has 0 heterocycles. The fourth-order valence-electron chi connectivity index (χ4n) is 1.78. The van der Waals surface area contributed by atoms with Gasteiger partial charge < -0.3 is 25.4 Å². The van der Waals surface area contributed by atoms with Crippen molar-refractivity contribution in [1.29, 1.82) is 0 Å². The maximum absolute atomic E-state index is 11.5. The highest BCUT2D eigenvalue weighted by Crippen LogP contribution is 2.35. The van der Waals surface area contributed by atoms with Crippen LogP contribution in [0.4, 0.5) is 10.5 Å². The number of halogens is 2. The Morgan fingerprint density at radius 3 is 2.44 bits per heavy atom. The van der Waals surface area contributed by atoms with Crippen molar-refractivity contribution in [2.24, 2.45) is 0 Å². The Balaban J connectivity index is 2.36. The van der Waals surface area contributed by atoms with Crippen molar-refractivity contribution in [3.63, 3.8) is 0 Å². The van der Waals surface area contributed by atoms with Crippen LogP contribution in [0, 0.1) is 0 Å². The minimum Gasteiger partial charge on any atom is -0.494 e. The molecule has 0 atom stereocenters. The third kappa shape index (κ3) is 8.47. The summed E-state index contributed by atoms with van der Waals surface area (Å²) in [6, 6.07) is 3.24. The highest BCUT2D eigenvalue weighted by Gasteiger charge is 2.15. The second kappa shape index (κ2) is 9.89. The molecule has 1 rings (SSSR count). The maximum atomic E-state index is 11.5. The lowest BCUT2D eigenvalue weighted by Crippen LogP contribution is -2.35. The van der Waals surface area contributed by atoms with Crippen LogP contribution in [0.3, 0.4) is 0 Å².